The molecule has 1 atom stereocenters. The van der Waals surface area contributed by atoms with Crippen molar-refractivity contribution < 1.29 is 0 Å². The SMILES string of the molecule is CSC(C)CCNc1cc(C)nc2ccccc12. The lowest BCUT2D eigenvalue weighted by molar-refractivity contribution is 0.854. The Hall–Kier alpha value is -1.22. The van der Waals surface area contributed by atoms with Gasteiger partial charge in [0.25, 0.3) is 0 Å². The van der Waals surface area contributed by atoms with Gasteiger partial charge in [0.05, 0.1) is 5.52 Å². The molecular weight excluding hydrogens is 240 g/mol. The van der Waals surface area contributed by atoms with Gasteiger partial charge in [0, 0.05) is 28.6 Å². The molecule has 0 aliphatic carbocycles. The summed E-state index contributed by atoms with van der Waals surface area (Å²) < 4.78 is 0. The monoisotopic (exact) mass is 260 g/mol. The van der Waals surface area contributed by atoms with E-state index in [4.69, 9.17) is 0 Å². The smallest absolute Gasteiger partial charge is 0.0725 e. The van der Waals surface area contributed by atoms with Crippen molar-refractivity contribution in [3.8, 4) is 0 Å². The van der Waals surface area contributed by atoms with Crippen LogP contribution in [0.15, 0.2) is 30.3 Å². The van der Waals surface area contributed by atoms with E-state index >= 15 is 0 Å². The maximum atomic E-state index is 4.55. The molecule has 2 aromatic rings. The number of para-hydroxylation sites is 1. The van der Waals surface area contributed by atoms with E-state index in [2.05, 4.69) is 47.7 Å². The molecular formula is C15H20N2S. The summed E-state index contributed by atoms with van der Waals surface area (Å²) in [6, 6.07) is 10.4. The molecule has 0 radical (unpaired) electrons. The summed E-state index contributed by atoms with van der Waals surface area (Å²) in [4.78, 5) is 4.55. The maximum Gasteiger partial charge on any atom is 0.0725 e. The molecule has 96 valence electrons. The van der Waals surface area contributed by atoms with Crippen LogP contribution in [-0.4, -0.2) is 23.0 Å². The fourth-order valence-electron chi connectivity index (χ4n) is 1.98. The van der Waals surface area contributed by atoms with Crippen molar-refractivity contribution >= 4 is 28.4 Å². The first-order valence-electron chi connectivity index (χ1n) is 6.34. The largest absolute Gasteiger partial charge is 0.384 e. The molecule has 0 bridgehead atoms. The summed E-state index contributed by atoms with van der Waals surface area (Å²) >= 11 is 1.91. The second-order valence-electron chi connectivity index (χ2n) is 4.59. The van der Waals surface area contributed by atoms with Gasteiger partial charge in [0.2, 0.25) is 0 Å². The van der Waals surface area contributed by atoms with E-state index in [1.807, 2.05) is 24.8 Å². The summed E-state index contributed by atoms with van der Waals surface area (Å²) in [6.07, 6.45) is 3.34. The van der Waals surface area contributed by atoms with Gasteiger partial charge >= 0.3 is 0 Å². The quantitative estimate of drug-likeness (QED) is 0.876. The van der Waals surface area contributed by atoms with Crippen molar-refractivity contribution in [3.05, 3.63) is 36.0 Å². The van der Waals surface area contributed by atoms with Gasteiger partial charge in [-0.15, -0.1) is 0 Å². The van der Waals surface area contributed by atoms with Crippen molar-refractivity contribution in [1.29, 1.82) is 0 Å². The highest BCUT2D eigenvalue weighted by molar-refractivity contribution is 7.99. The summed E-state index contributed by atoms with van der Waals surface area (Å²) in [5.74, 6) is 0. The summed E-state index contributed by atoms with van der Waals surface area (Å²) in [5.41, 5.74) is 3.33. The summed E-state index contributed by atoms with van der Waals surface area (Å²) in [7, 11) is 0. The number of pyridine rings is 1. The minimum absolute atomic E-state index is 0.701. The highest BCUT2D eigenvalue weighted by Gasteiger charge is 2.04. The Balaban J connectivity index is 2.17. The molecule has 2 rings (SSSR count). The van der Waals surface area contributed by atoms with E-state index in [0.717, 1.165) is 17.8 Å². The molecule has 1 aromatic heterocycles. The first-order chi connectivity index (χ1) is 8.70. The zero-order valence-electron chi connectivity index (χ0n) is 11.2. The lowest BCUT2D eigenvalue weighted by Crippen LogP contribution is -2.08. The number of hydrogen-bond acceptors (Lipinski definition) is 3. The van der Waals surface area contributed by atoms with Crippen molar-refractivity contribution in [2.45, 2.75) is 25.5 Å². The minimum atomic E-state index is 0.701. The number of aromatic nitrogens is 1. The molecule has 0 amide bonds. The van der Waals surface area contributed by atoms with E-state index in [1.54, 1.807) is 0 Å². The number of nitrogens with zero attached hydrogens (tertiary/aromatic N) is 1. The van der Waals surface area contributed by atoms with E-state index in [1.165, 1.54) is 17.5 Å². The van der Waals surface area contributed by atoms with Crippen molar-refractivity contribution in [2.75, 3.05) is 18.1 Å². The van der Waals surface area contributed by atoms with Gasteiger partial charge in [-0.05, 0) is 31.7 Å². The average Bonchev–Trinajstić information content (AvgIpc) is 2.38. The van der Waals surface area contributed by atoms with Crippen LogP contribution in [0.25, 0.3) is 10.9 Å². The zero-order chi connectivity index (χ0) is 13.0. The second-order valence-corrected chi connectivity index (χ2v) is 5.87. The van der Waals surface area contributed by atoms with Crippen LogP contribution in [0.3, 0.4) is 0 Å². The normalized spacial score (nSPS) is 12.6. The second kappa shape index (κ2) is 6.10. The lowest BCUT2D eigenvalue weighted by atomic mass is 10.1. The third-order valence-corrected chi connectivity index (χ3v) is 4.15. The fraction of sp³-hybridized carbons (Fsp3) is 0.400. The molecule has 0 fully saturated rings. The Bertz CT molecular complexity index is 525. The number of aryl methyl sites for hydroxylation is 1. The van der Waals surface area contributed by atoms with E-state index in [9.17, 15) is 0 Å². The lowest BCUT2D eigenvalue weighted by Gasteiger charge is -2.12. The van der Waals surface area contributed by atoms with Crippen LogP contribution in [-0.2, 0) is 0 Å². The maximum absolute atomic E-state index is 4.55. The standard InChI is InChI=1S/C15H20N2S/c1-11-10-15(16-9-8-12(2)18-3)13-6-4-5-7-14(13)17-11/h4-7,10,12H,8-9H2,1-3H3,(H,16,17). The van der Waals surface area contributed by atoms with Crippen molar-refractivity contribution in [3.63, 3.8) is 0 Å². The number of benzene rings is 1. The fourth-order valence-corrected chi connectivity index (χ4v) is 2.34. The predicted molar refractivity (Wildman–Crippen MR) is 82.6 cm³/mol. The zero-order valence-corrected chi connectivity index (χ0v) is 12.1. The Labute approximate surface area is 113 Å². The van der Waals surface area contributed by atoms with Crippen molar-refractivity contribution in [2.24, 2.45) is 0 Å². The molecule has 0 aliphatic rings. The molecule has 1 N–H and O–H groups in total. The first kappa shape index (κ1) is 13.2. The van der Waals surface area contributed by atoms with Crippen LogP contribution < -0.4 is 5.32 Å². The highest BCUT2D eigenvalue weighted by Crippen LogP contribution is 2.23. The number of fused-ring (bicyclic) bond motifs is 1. The van der Waals surface area contributed by atoms with E-state index in [-0.39, 0.29) is 0 Å². The van der Waals surface area contributed by atoms with Gasteiger partial charge in [-0.2, -0.15) is 11.8 Å². The molecule has 0 saturated carbocycles. The van der Waals surface area contributed by atoms with Gasteiger partial charge in [0.1, 0.15) is 0 Å². The van der Waals surface area contributed by atoms with Gasteiger partial charge in [-0.3, -0.25) is 4.98 Å². The van der Waals surface area contributed by atoms with Crippen molar-refractivity contribution in [1.82, 2.24) is 4.98 Å². The molecule has 18 heavy (non-hydrogen) atoms. The van der Waals surface area contributed by atoms with Crippen LogP contribution in [0.5, 0.6) is 0 Å². The van der Waals surface area contributed by atoms with Crippen LogP contribution >= 0.6 is 11.8 Å². The first-order valence-corrected chi connectivity index (χ1v) is 7.62. The van der Waals surface area contributed by atoms with E-state index < -0.39 is 0 Å². The number of nitrogens with one attached hydrogen (secondary N) is 1. The average molecular weight is 260 g/mol. The summed E-state index contributed by atoms with van der Waals surface area (Å²) in [6.45, 7) is 5.32. The van der Waals surface area contributed by atoms with Crippen LogP contribution in [0.4, 0.5) is 5.69 Å². The Kier molecular flexibility index (Phi) is 4.48. The van der Waals surface area contributed by atoms with Gasteiger partial charge in [-0.25, -0.2) is 0 Å². The third kappa shape index (κ3) is 3.16. The number of rotatable bonds is 5. The number of anilines is 1. The predicted octanol–water partition coefficient (Wildman–Crippen LogP) is 4.10. The minimum Gasteiger partial charge on any atom is -0.384 e. The molecule has 2 nitrogen and oxygen atoms in total. The Morgan fingerprint density at radius 1 is 1.33 bits per heavy atom. The molecule has 3 heteroatoms. The van der Waals surface area contributed by atoms with Crippen LogP contribution in [0, 0.1) is 6.92 Å². The van der Waals surface area contributed by atoms with Crippen LogP contribution in [0.2, 0.25) is 0 Å². The molecule has 1 aromatic carbocycles. The summed E-state index contributed by atoms with van der Waals surface area (Å²) in [5, 5.41) is 5.45. The molecule has 0 spiro atoms. The van der Waals surface area contributed by atoms with E-state index in [0.29, 0.717) is 5.25 Å². The molecule has 1 unspecified atom stereocenters. The number of hydrogen-bond donors (Lipinski definition) is 1. The Morgan fingerprint density at radius 2 is 2.11 bits per heavy atom. The molecule has 0 aliphatic heterocycles. The van der Waals surface area contributed by atoms with Gasteiger partial charge in [-0.1, -0.05) is 25.1 Å². The Morgan fingerprint density at radius 3 is 2.89 bits per heavy atom. The third-order valence-electron chi connectivity index (χ3n) is 3.11. The number of thioether (sulfide) groups is 1. The van der Waals surface area contributed by atoms with Gasteiger partial charge < -0.3 is 5.32 Å². The van der Waals surface area contributed by atoms with Gasteiger partial charge in [0.15, 0.2) is 0 Å². The van der Waals surface area contributed by atoms with Crippen LogP contribution in [0.1, 0.15) is 19.0 Å². The topological polar surface area (TPSA) is 24.9 Å². The molecule has 0 saturated heterocycles. The highest BCUT2D eigenvalue weighted by atomic mass is 32.2. The molecule has 1 heterocycles.